The normalized spacial score (nSPS) is 10.3. The fourth-order valence-electron chi connectivity index (χ4n) is 0.983. The first-order valence-electron chi connectivity index (χ1n) is 3.64. The molecule has 6 heteroatoms. The van der Waals surface area contributed by atoms with Crippen LogP contribution in [-0.2, 0) is 0 Å². The second kappa shape index (κ2) is 3.99. The molecule has 0 saturated carbocycles. The SMILES string of the molecule is COc1[nH]cc(C(F)F)c(=O)c1C=O. The molecule has 0 saturated heterocycles. The molecule has 1 N–H and O–H groups in total. The average Bonchev–Trinajstić information content (AvgIpc) is 2.16. The lowest BCUT2D eigenvalue weighted by atomic mass is 10.2. The molecule has 1 heterocycles. The summed E-state index contributed by atoms with van der Waals surface area (Å²) in [6, 6.07) is 0. The van der Waals surface area contributed by atoms with Crippen molar-refractivity contribution in [3.63, 3.8) is 0 Å². The summed E-state index contributed by atoms with van der Waals surface area (Å²) in [6.07, 6.45) is -1.90. The Labute approximate surface area is 77.5 Å². The molecule has 1 rings (SSSR count). The number of ether oxygens (including phenoxy) is 1. The Morgan fingerprint density at radius 1 is 1.57 bits per heavy atom. The van der Waals surface area contributed by atoms with Gasteiger partial charge in [-0.15, -0.1) is 0 Å². The first kappa shape index (κ1) is 10.4. The Hall–Kier alpha value is -1.72. The molecule has 0 bridgehead atoms. The second-order valence-corrected chi connectivity index (χ2v) is 2.44. The van der Waals surface area contributed by atoms with E-state index >= 15 is 0 Å². The summed E-state index contributed by atoms with van der Waals surface area (Å²) in [7, 11) is 1.22. The molecule has 0 unspecified atom stereocenters. The minimum atomic E-state index is -2.91. The third kappa shape index (κ3) is 1.63. The van der Waals surface area contributed by atoms with E-state index in [-0.39, 0.29) is 12.2 Å². The molecular weight excluding hydrogens is 196 g/mol. The largest absolute Gasteiger partial charge is 0.482 e. The lowest BCUT2D eigenvalue weighted by Gasteiger charge is -2.04. The van der Waals surface area contributed by atoms with Gasteiger partial charge in [0.2, 0.25) is 11.3 Å². The van der Waals surface area contributed by atoms with Crippen molar-refractivity contribution in [3.05, 3.63) is 27.5 Å². The van der Waals surface area contributed by atoms with Crippen molar-refractivity contribution in [2.75, 3.05) is 7.11 Å². The van der Waals surface area contributed by atoms with Crippen LogP contribution < -0.4 is 10.2 Å². The van der Waals surface area contributed by atoms with Crippen molar-refractivity contribution in [3.8, 4) is 5.88 Å². The Kier molecular flexibility index (Phi) is 2.95. The molecular formula is C8H7F2NO3. The summed E-state index contributed by atoms with van der Waals surface area (Å²) in [5.41, 5.74) is -2.18. The van der Waals surface area contributed by atoms with Gasteiger partial charge in [0.15, 0.2) is 6.29 Å². The van der Waals surface area contributed by atoms with E-state index in [0.717, 1.165) is 6.20 Å². The van der Waals surface area contributed by atoms with Crippen LogP contribution >= 0.6 is 0 Å². The molecule has 1 aromatic rings. The summed E-state index contributed by atoms with van der Waals surface area (Å²) in [6.45, 7) is 0. The highest BCUT2D eigenvalue weighted by atomic mass is 19.3. The predicted molar refractivity (Wildman–Crippen MR) is 44.0 cm³/mol. The minimum absolute atomic E-state index is 0.116. The van der Waals surface area contributed by atoms with Crippen LogP contribution in [0.5, 0.6) is 5.88 Å². The number of nitrogens with one attached hydrogen (secondary N) is 1. The molecule has 0 spiro atoms. The van der Waals surface area contributed by atoms with Crippen LogP contribution in [0, 0.1) is 0 Å². The average molecular weight is 203 g/mol. The van der Waals surface area contributed by atoms with Crippen LogP contribution in [0.25, 0.3) is 0 Å². The van der Waals surface area contributed by atoms with Crippen LogP contribution in [-0.4, -0.2) is 18.4 Å². The number of hydrogen-bond donors (Lipinski definition) is 1. The van der Waals surface area contributed by atoms with Gasteiger partial charge in [-0.1, -0.05) is 0 Å². The van der Waals surface area contributed by atoms with Crippen molar-refractivity contribution >= 4 is 6.29 Å². The highest BCUT2D eigenvalue weighted by Crippen LogP contribution is 2.17. The van der Waals surface area contributed by atoms with Crippen LogP contribution in [0.1, 0.15) is 22.3 Å². The fraction of sp³-hybridized carbons (Fsp3) is 0.250. The maximum atomic E-state index is 12.2. The number of pyridine rings is 1. The summed E-state index contributed by atoms with van der Waals surface area (Å²) in [5.74, 6) is -0.116. The molecule has 4 nitrogen and oxygen atoms in total. The van der Waals surface area contributed by atoms with Gasteiger partial charge in [-0.25, -0.2) is 8.78 Å². The van der Waals surface area contributed by atoms with Crippen LogP contribution in [0.3, 0.4) is 0 Å². The van der Waals surface area contributed by atoms with Crippen LogP contribution in [0.4, 0.5) is 8.78 Å². The summed E-state index contributed by atoms with van der Waals surface area (Å²) >= 11 is 0. The van der Waals surface area contributed by atoms with E-state index in [4.69, 9.17) is 0 Å². The van der Waals surface area contributed by atoms with Gasteiger partial charge >= 0.3 is 0 Å². The van der Waals surface area contributed by atoms with Crippen LogP contribution in [0.15, 0.2) is 11.0 Å². The van der Waals surface area contributed by atoms with E-state index in [1.54, 1.807) is 0 Å². The first-order chi connectivity index (χ1) is 6.61. The van der Waals surface area contributed by atoms with E-state index in [1.807, 2.05) is 0 Å². The van der Waals surface area contributed by atoms with Gasteiger partial charge in [-0.2, -0.15) is 0 Å². The van der Waals surface area contributed by atoms with Crippen molar-refractivity contribution in [1.82, 2.24) is 4.98 Å². The van der Waals surface area contributed by atoms with Crippen molar-refractivity contribution in [2.24, 2.45) is 0 Å². The van der Waals surface area contributed by atoms with Gasteiger partial charge in [-0.05, 0) is 0 Å². The predicted octanol–water partition coefficient (Wildman–Crippen LogP) is 1.13. The highest BCUT2D eigenvalue weighted by Gasteiger charge is 2.17. The number of alkyl halides is 2. The number of rotatable bonds is 3. The van der Waals surface area contributed by atoms with Gasteiger partial charge in [0.25, 0.3) is 6.43 Å². The zero-order chi connectivity index (χ0) is 10.7. The summed E-state index contributed by atoms with van der Waals surface area (Å²) < 4.78 is 29.0. The Morgan fingerprint density at radius 3 is 2.64 bits per heavy atom. The van der Waals surface area contributed by atoms with Crippen molar-refractivity contribution in [1.29, 1.82) is 0 Å². The van der Waals surface area contributed by atoms with Crippen LogP contribution in [0.2, 0.25) is 0 Å². The smallest absolute Gasteiger partial charge is 0.269 e. The molecule has 0 aromatic carbocycles. The first-order valence-corrected chi connectivity index (χ1v) is 3.64. The monoisotopic (exact) mass is 203 g/mol. The lowest BCUT2D eigenvalue weighted by Crippen LogP contribution is -2.16. The van der Waals surface area contributed by atoms with Gasteiger partial charge < -0.3 is 9.72 Å². The van der Waals surface area contributed by atoms with E-state index in [0.29, 0.717) is 0 Å². The lowest BCUT2D eigenvalue weighted by molar-refractivity contribution is 0.111. The number of halogens is 2. The molecule has 1 aromatic heterocycles. The number of aromatic nitrogens is 1. The van der Waals surface area contributed by atoms with Crippen molar-refractivity contribution in [2.45, 2.75) is 6.43 Å². The van der Waals surface area contributed by atoms with E-state index in [9.17, 15) is 18.4 Å². The molecule has 0 fully saturated rings. The molecule has 0 atom stereocenters. The third-order valence-electron chi connectivity index (χ3n) is 1.67. The van der Waals surface area contributed by atoms with Gasteiger partial charge in [0.1, 0.15) is 5.56 Å². The zero-order valence-electron chi connectivity index (χ0n) is 7.21. The van der Waals surface area contributed by atoms with E-state index in [2.05, 4.69) is 9.72 Å². The number of carbonyl (C=O) groups excluding carboxylic acids is 1. The Balaban J connectivity index is 3.43. The Bertz CT molecular complexity index is 400. The molecule has 0 amide bonds. The molecule has 0 aliphatic heterocycles. The van der Waals surface area contributed by atoms with Crippen molar-refractivity contribution < 1.29 is 18.3 Å². The summed E-state index contributed by atoms with van der Waals surface area (Å²) in [5, 5.41) is 0. The van der Waals surface area contributed by atoms with E-state index < -0.39 is 23.0 Å². The third-order valence-corrected chi connectivity index (χ3v) is 1.67. The summed E-state index contributed by atoms with van der Waals surface area (Å²) in [4.78, 5) is 23.9. The van der Waals surface area contributed by atoms with Gasteiger partial charge in [0.05, 0.1) is 12.7 Å². The molecule has 0 aliphatic rings. The molecule has 76 valence electrons. The maximum absolute atomic E-state index is 12.2. The molecule has 0 radical (unpaired) electrons. The number of H-pyrrole nitrogens is 1. The number of aldehydes is 1. The topological polar surface area (TPSA) is 59.2 Å². The molecule has 14 heavy (non-hydrogen) atoms. The number of hydrogen-bond acceptors (Lipinski definition) is 3. The quantitative estimate of drug-likeness (QED) is 0.749. The maximum Gasteiger partial charge on any atom is 0.269 e. The second-order valence-electron chi connectivity index (χ2n) is 2.44. The Morgan fingerprint density at radius 2 is 2.21 bits per heavy atom. The van der Waals surface area contributed by atoms with E-state index in [1.165, 1.54) is 7.11 Å². The number of aromatic amines is 1. The highest BCUT2D eigenvalue weighted by molar-refractivity contribution is 5.78. The fourth-order valence-corrected chi connectivity index (χ4v) is 0.983. The standard InChI is InChI=1S/C8H7F2NO3/c1-14-8-5(3-12)6(13)4(2-11-8)7(9)10/h2-3,7H,1H3,(H,11,13). The van der Waals surface area contributed by atoms with Gasteiger partial charge in [-0.3, -0.25) is 9.59 Å². The number of carbonyl (C=O) groups is 1. The zero-order valence-corrected chi connectivity index (χ0v) is 7.21. The number of methoxy groups -OCH3 is 1. The molecule has 0 aliphatic carbocycles. The van der Waals surface area contributed by atoms with Gasteiger partial charge in [0, 0.05) is 6.20 Å². The minimum Gasteiger partial charge on any atom is -0.482 e.